The molecular weight excluding hydrogens is 238 g/mol. The van der Waals surface area contributed by atoms with Crippen molar-refractivity contribution in [2.75, 3.05) is 0 Å². The molecule has 0 unspecified atom stereocenters. The van der Waals surface area contributed by atoms with E-state index in [-0.39, 0.29) is 6.54 Å². The summed E-state index contributed by atoms with van der Waals surface area (Å²) in [5.41, 5.74) is -1.25. The molecule has 2 heterocycles. The van der Waals surface area contributed by atoms with E-state index in [2.05, 4.69) is 4.98 Å². The third-order valence-corrected chi connectivity index (χ3v) is 2.34. The van der Waals surface area contributed by atoms with Gasteiger partial charge in [0, 0.05) is 18.6 Å². The topological polar surface area (TPSA) is 105 Å². The Balaban J connectivity index is 2.46. The quantitative estimate of drug-likeness (QED) is 0.773. The average Bonchev–Trinajstić information content (AvgIpc) is 2.33. The Kier molecular flexibility index (Phi) is 3.05. The Labute approximate surface area is 100 Å². The highest BCUT2D eigenvalue weighted by Crippen LogP contribution is 1.98. The zero-order valence-corrected chi connectivity index (χ0v) is 9.16. The van der Waals surface area contributed by atoms with Gasteiger partial charge in [0.1, 0.15) is 5.56 Å². The smallest absolute Gasteiger partial charge is 0.342 e. The van der Waals surface area contributed by atoms with Gasteiger partial charge >= 0.3 is 11.7 Å². The normalized spacial score (nSPS) is 10.2. The summed E-state index contributed by atoms with van der Waals surface area (Å²) in [4.78, 5) is 39.3. The van der Waals surface area contributed by atoms with Gasteiger partial charge in [-0.25, -0.2) is 9.59 Å². The molecule has 0 fully saturated rings. The van der Waals surface area contributed by atoms with Gasteiger partial charge in [-0.3, -0.25) is 19.3 Å². The molecule has 0 saturated heterocycles. The summed E-state index contributed by atoms with van der Waals surface area (Å²) in [7, 11) is 0. The second-order valence-electron chi connectivity index (χ2n) is 3.59. The van der Waals surface area contributed by atoms with Crippen LogP contribution in [0.3, 0.4) is 0 Å². The molecule has 7 nitrogen and oxygen atoms in total. The number of hydrogen-bond donors (Lipinski definition) is 2. The number of nitrogens with one attached hydrogen (secondary N) is 1. The summed E-state index contributed by atoms with van der Waals surface area (Å²) in [6.45, 7) is 0.165. The maximum Gasteiger partial charge on any atom is 0.342 e. The molecular formula is C11H9N3O4. The summed E-state index contributed by atoms with van der Waals surface area (Å²) in [5.74, 6) is -1.38. The van der Waals surface area contributed by atoms with Crippen LogP contribution in [0.5, 0.6) is 0 Å². The molecule has 2 aromatic rings. The van der Waals surface area contributed by atoms with Crippen LogP contribution in [0, 0.1) is 0 Å². The molecule has 92 valence electrons. The monoisotopic (exact) mass is 247 g/mol. The molecule has 0 radical (unpaired) electrons. The van der Waals surface area contributed by atoms with Crippen molar-refractivity contribution in [3.05, 3.63) is 62.7 Å². The van der Waals surface area contributed by atoms with Crippen molar-refractivity contribution >= 4 is 5.97 Å². The molecule has 0 saturated carbocycles. The van der Waals surface area contributed by atoms with Crippen LogP contribution in [0.2, 0.25) is 0 Å². The largest absolute Gasteiger partial charge is 0.477 e. The number of carboxylic acid groups (broad SMARTS) is 1. The Hall–Kier alpha value is -2.70. The highest BCUT2D eigenvalue weighted by atomic mass is 16.4. The number of hydrogen-bond acceptors (Lipinski definition) is 4. The highest BCUT2D eigenvalue weighted by Gasteiger charge is 2.11. The second-order valence-corrected chi connectivity index (χ2v) is 3.59. The molecule has 2 rings (SSSR count). The van der Waals surface area contributed by atoms with E-state index in [1.165, 1.54) is 0 Å². The molecule has 0 aromatic carbocycles. The minimum absolute atomic E-state index is 0.165. The van der Waals surface area contributed by atoms with Gasteiger partial charge in [-0.1, -0.05) is 0 Å². The number of aromatic carboxylic acids is 1. The van der Waals surface area contributed by atoms with E-state index in [4.69, 9.17) is 5.11 Å². The van der Waals surface area contributed by atoms with Crippen LogP contribution in [0.25, 0.3) is 0 Å². The van der Waals surface area contributed by atoms with Crippen molar-refractivity contribution in [1.82, 2.24) is 14.5 Å². The number of aromatic amines is 1. The number of H-pyrrole nitrogens is 1. The van der Waals surface area contributed by atoms with E-state index in [9.17, 15) is 14.4 Å². The van der Waals surface area contributed by atoms with Crippen molar-refractivity contribution in [2.45, 2.75) is 6.54 Å². The standard InChI is InChI=1S/C11H9N3O4/c15-9-8(10(16)17)6-14(11(18)13-9)5-7-1-3-12-4-2-7/h1-4,6H,5H2,(H,16,17)(H,13,15,18). The third-order valence-electron chi connectivity index (χ3n) is 2.34. The van der Waals surface area contributed by atoms with Crippen LogP contribution < -0.4 is 11.2 Å². The van der Waals surface area contributed by atoms with E-state index in [0.717, 1.165) is 16.3 Å². The summed E-state index contributed by atoms with van der Waals surface area (Å²) in [5, 5.41) is 8.80. The molecule has 7 heteroatoms. The average molecular weight is 247 g/mol. The van der Waals surface area contributed by atoms with Crippen LogP contribution >= 0.6 is 0 Å². The van der Waals surface area contributed by atoms with Gasteiger partial charge < -0.3 is 5.11 Å². The van der Waals surface area contributed by atoms with Crippen molar-refractivity contribution in [1.29, 1.82) is 0 Å². The van der Waals surface area contributed by atoms with Crippen molar-refractivity contribution < 1.29 is 9.90 Å². The molecule has 2 N–H and O–H groups in total. The van der Waals surface area contributed by atoms with Crippen molar-refractivity contribution in [3.8, 4) is 0 Å². The number of nitrogens with zero attached hydrogens (tertiary/aromatic N) is 2. The fraction of sp³-hybridized carbons (Fsp3) is 0.0909. The van der Waals surface area contributed by atoms with E-state index in [0.29, 0.717) is 0 Å². The zero-order chi connectivity index (χ0) is 13.1. The van der Waals surface area contributed by atoms with E-state index < -0.39 is 22.8 Å². The molecule has 0 aliphatic rings. The van der Waals surface area contributed by atoms with Crippen LogP contribution in [0.15, 0.2) is 40.3 Å². The van der Waals surface area contributed by atoms with Crippen LogP contribution in [0.4, 0.5) is 0 Å². The molecule has 2 aromatic heterocycles. The Morgan fingerprint density at radius 2 is 2.00 bits per heavy atom. The lowest BCUT2D eigenvalue weighted by Crippen LogP contribution is -2.33. The van der Waals surface area contributed by atoms with E-state index in [1.54, 1.807) is 24.5 Å². The van der Waals surface area contributed by atoms with Gasteiger partial charge in [-0.2, -0.15) is 0 Å². The first-order valence-corrected chi connectivity index (χ1v) is 5.04. The Morgan fingerprint density at radius 3 is 2.61 bits per heavy atom. The van der Waals surface area contributed by atoms with Gasteiger partial charge in [0.15, 0.2) is 0 Å². The first-order valence-electron chi connectivity index (χ1n) is 5.04. The fourth-order valence-corrected chi connectivity index (χ4v) is 1.46. The van der Waals surface area contributed by atoms with Crippen LogP contribution in [-0.4, -0.2) is 25.6 Å². The predicted octanol–water partition coefficient (Wildman–Crippen LogP) is -0.322. The van der Waals surface area contributed by atoms with Gasteiger partial charge in [0.05, 0.1) is 6.54 Å². The van der Waals surface area contributed by atoms with Crippen molar-refractivity contribution in [3.63, 3.8) is 0 Å². The van der Waals surface area contributed by atoms with E-state index in [1.807, 2.05) is 4.98 Å². The van der Waals surface area contributed by atoms with Gasteiger partial charge in [0.2, 0.25) is 0 Å². The lowest BCUT2D eigenvalue weighted by molar-refractivity contribution is 0.0693. The molecule has 0 aliphatic carbocycles. The molecule has 0 amide bonds. The first-order chi connectivity index (χ1) is 8.58. The first kappa shape index (κ1) is 11.8. The SMILES string of the molecule is O=C(O)c1cn(Cc2ccncc2)c(=O)[nH]c1=O. The minimum atomic E-state index is -1.38. The van der Waals surface area contributed by atoms with Crippen LogP contribution in [0.1, 0.15) is 15.9 Å². The number of rotatable bonds is 3. The molecule has 18 heavy (non-hydrogen) atoms. The van der Waals surface area contributed by atoms with Gasteiger partial charge in [-0.05, 0) is 17.7 Å². The summed E-state index contributed by atoms with van der Waals surface area (Å²) >= 11 is 0. The minimum Gasteiger partial charge on any atom is -0.477 e. The molecule has 0 aliphatic heterocycles. The number of carbonyl (C=O) groups is 1. The van der Waals surface area contributed by atoms with Gasteiger partial charge in [0.25, 0.3) is 5.56 Å². The summed E-state index contributed by atoms with van der Waals surface area (Å²) in [6.07, 6.45) is 4.15. The van der Waals surface area contributed by atoms with Gasteiger partial charge in [-0.15, -0.1) is 0 Å². The number of pyridine rings is 1. The molecule has 0 bridgehead atoms. The van der Waals surface area contributed by atoms with Crippen LogP contribution in [-0.2, 0) is 6.54 Å². The summed E-state index contributed by atoms with van der Waals surface area (Å²) in [6, 6.07) is 3.38. The lowest BCUT2D eigenvalue weighted by atomic mass is 10.2. The number of aromatic nitrogens is 3. The fourth-order valence-electron chi connectivity index (χ4n) is 1.46. The second kappa shape index (κ2) is 4.66. The Bertz CT molecular complexity index is 687. The summed E-state index contributed by atoms with van der Waals surface area (Å²) < 4.78 is 1.13. The molecule has 0 atom stereocenters. The maximum atomic E-state index is 11.5. The highest BCUT2D eigenvalue weighted by molar-refractivity contribution is 5.86. The predicted molar refractivity (Wildman–Crippen MR) is 61.6 cm³/mol. The third kappa shape index (κ3) is 2.34. The Morgan fingerprint density at radius 1 is 1.33 bits per heavy atom. The lowest BCUT2D eigenvalue weighted by Gasteiger charge is -2.05. The molecule has 0 spiro atoms. The number of carboxylic acids is 1. The van der Waals surface area contributed by atoms with Crippen molar-refractivity contribution in [2.24, 2.45) is 0 Å². The maximum absolute atomic E-state index is 11.5. The van der Waals surface area contributed by atoms with E-state index >= 15 is 0 Å². The zero-order valence-electron chi connectivity index (χ0n) is 9.16.